The minimum atomic E-state index is -3.45. The van der Waals surface area contributed by atoms with Crippen LogP contribution in [0.4, 0.5) is 20.6 Å². The maximum Gasteiger partial charge on any atom is 0.322 e. The number of rotatable bonds is 4. The van der Waals surface area contributed by atoms with Crippen molar-refractivity contribution in [2.75, 3.05) is 23.0 Å². The number of anilines is 2. The lowest BCUT2D eigenvalue weighted by Crippen LogP contribution is -2.47. The van der Waals surface area contributed by atoms with Gasteiger partial charge in [0.15, 0.2) is 0 Å². The van der Waals surface area contributed by atoms with E-state index in [0.717, 1.165) is 6.26 Å². The molecular formula is C19H22ClFN6O4S. The normalized spacial score (nSPS) is 21.1. The zero-order chi connectivity index (χ0) is 23.2. The van der Waals surface area contributed by atoms with Crippen LogP contribution in [0.15, 0.2) is 24.4 Å². The van der Waals surface area contributed by atoms with Crippen molar-refractivity contribution in [3.63, 3.8) is 0 Å². The summed E-state index contributed by atoms with van der Waals surface area (Å²) in [6.07, 6.45) is 2.65. The number of hydrogen-bond donors (Lipinski definition) is 2. The zero-order valence-electron chi connectivity index (χ0n) is 17.4. The summed E-state index contributed by atoms with van der Waals surface area (Å²) in [4.78, 5) is 28.5. The van der Waals surface area contributed by atoms with Crippen LogP contribution in [-0.2, 0) is 27.9 Å². The van der Waals surface area contributed by atoms with Crippen molar-refractivity contribution >= 4 is 44.9 Å². The molecule has 0 aliphatic carbocycles. The summed E-state index contributed by atoms with van der Waals surface area (Å²) in [7, 11) is -3.45. The third-order valence-corrected chi connectivity index (χ3v) is 6.50. The van der Waals surface area contributed by atoms with Crippen LogP contribution < -0.4 is 14.9 Å². The summed E-state index contributed by atoms with van der Waals surface area (Å²) in [6.45, 7) is 2.65. The first-order chi connectivity index (χ1) is 15.0. The van der Waals surface area contributed by atoms with Crippen LogP contribution >= 0.6 is 11.6 Å². The number of nitrogens with one attached hydrogen (secondary N) is 2. The van der Waals surface area contributed by atoms with Gasteiger partial charge >= 0.3 is 6.03 Å². The molecule has 2 aromatic rings. The Morgan fingerprint density at radius 2 is 2.06 bits per heavy atom. The van der Waals surface area contributed by atoms with Crippen molar-refractivity contribution in [2.45, 2.75) is 38.5 Å². The summed E-state index contributed by atoms with van der Waals surface area (Å²) in [5.74, 6) is -0.805. The average Bonchev–Trinajstić information content (AvgIpc) is 3.24. The number of hydrogen-bond acceptors (Lipinski definition) is 5. The third-order valence-electron chi connectivity index (χ3n) is 5.44. The van der Waals surface area contributed by atoms with E-state index in [1.165, 1.54) is 23.1 Å². The molecule has 10 nitrogen and oxygen atoms in total. The lowest BCUT2D eigenvalue weighted by molar-refractivity contribution is -0.117. The van der Waals surface area contributed by atoms with E-state index in [9.17, 15) is 22.4 Å². The summed E-state index contributed by atoms with van der Waals surface area (Å²) in [5.41, 5.74) is 1.57. The molecule has 13 heteroatoms. The largest absolute Gasteiger partial charge is 0.322 e. The smallest absolute Gasteiger partial charge is 0.314 e. The minimum absolute atomic E-state index is 0.0453. The van der Waals surface area contributed by atoms with Gasteiger partial charge in [-0.1, -0.05) is 11.6 Å². The van der Waals surface area contributed by atoms with Crippen molar-refractivity contribution in [1.29, 1.82) is 0 Å². The zero-order valence-corrected chi connectivity index (χ0v) is 19.0. The lowest BCUT2D eigenvalue weighted by Gasteiger charge is -2.35. The van der Waals surface area contributed by atoms with Gasteiger partial charge in [-0.2, -0.15) is 5.10 Å². The summed E-state index contributed by atoms with van der Waals surface area (Å²) in [6, 6.07) is 2.80. The Kier molecular flexibility index (Phi) is 5.86. The van der Waals surface area contributed by atoms with Crippen LogP contribution in [0.5, 0.6) is 0 Å². The highest BCUT2D eigenvalue weighted by Crippen LogP contribution is 2.30. The Hall–Kier alpha value is -2.70. The molecular weight excluding hydrogens is 463 g/mol. The topological polar surface area (TPSA) is 117 Å². The maximum absolute atomic E-state index is 13.4. The number of urea groups is 1. The first kappa shape index (κ1) is 22.5. The number of nitrogens with zero attached hydrogens (tertiary/aromatic N) is 4. The number of fused-ring (bicyclic) bond motifs is 1. The van der Waals surface area contributed by atoms with E-state index in [0.29, 0.717) is 23.6 Å². The van der Waals surface area contributed by atoms with Gasteiger partial charge in [0, 0.05) is 24.7 Å². The van der Waals surface area contributed by atoms with E-state index in [4.69, 9.17) is 11.6 Å². The average molecular weight is 485 g/mol. The molecule has 1 aromatic heterocycles. The number of carbonyl (C=O) groups excluding carboxylic acids is 2. The standard InChI is InChI=1S/C19H22ClFN6O4S/c1-11-8-27-17(10-25(11)19(29)23-12-3-4-15(21)14(20)5-12)16(7-22-27)26-9-13(6-18(26)28)24-32(2,30)31/h3-5,7,11,13,24H,6,8-10H2,1-2H3,(H,23,29). The fourth-order valence-corrected chi connectivity index (χ4v) is 4.92. The van der Waals surface area contributed by atoms with E-state index in [2.05, 4.69) is 15.1 Å². The van der Waals surface area contributed by atoms with Crippen molar-refractivity contribution in [2.24, 2.45) is 0 Å². The highest BCUT2D eigenvalue weighted by atomic mass is 35.5. The molecule has 0 radical (unpaired) electrons. The van der Waals surface area contributed by atoms with E-state index >= 15 is 0 Å². The SMILES string of the molecule is CC1Cn2ncc(N3CC(NS(C)(=O)=O)CC3=O)c2CN1C(=O)Nc1ccc(F)c(Cl)c1. The van der Waals surface area contributed by atoms with Gasteiger partial charge in [-0.05, 0) is 25.1 Å². The van der Waals surface area contributed by atoms with E-state index < -0.39 is 27.9 Å². The molecule has 0 saturated carbocycles. The van der Waals surface area contributed by atoms with Crippen LogP contribution in [0.2, 0.25) is 5.02 Å². The first-order valence-electron chi connectivity index (χ1n) is 9.87. The molecule has 3 amide bonds. The van der Waals surface area contributed by atoms with E-state index in [-0.39, 0.29) is 36.5 Å². The van der Waals surface area contributed by atoms with Crippen molar-refractivity contribution in [3.05, 3.63) is 40.9 Å². The number of carbonyl (C=O) groups is 2. The van der Waals surface area contributed by atoms with Crippen LogP contribution in [0.25, 0.3) is 0 Å². The monoisotopic (exact) mass is 484 g/mol. The van der Waals surface area contributed by atoms with Crippen molar-refractivity contribution in [1.82, 2.24) is 19.4 Å². The molecule has 1 fully saturated rings. The van der Waals surface area contributed by atoms with Crippen molar-refractivity contribution < 1.29 is 22.4 Å². The number of aromatic nitrogens is 2. The quantitative estimate of drug-likeness (QED) is 0.686. The second kappa shape index (κ2) is 8.34. The molecule has 32 heavy (non-hydrogen) atoms. The maximum atomic E-state index is 13.4. The fraction of sp³-hybridized carbons (Fsp3) is 0.421. The molecule has 1 aromatic carbocycles. The number of sulfonamides is 1. The predicted molar refractivity (Wildman–Crippen MR) is 116 cm³/mol. The number of benzene rings is 1. The van der Waals surface area contributed by atoms with Gasteiger partial charge in [0.1, 0.15) is 5.82 Å². The lowest BCUT2D eigenvalue weighted by atomic mass is 10.2. The molecule has 0 spiro atoms. The van der Waals surface area contributed by atoms with Crippen LogP contribution in [0.1, 0.15) is 19.0 Å². The molecule has 2 aliphatic heterocycles. The van der Waals surface area contributed by atoms with Gasteiger partial charge in [-0.15, -0.1) is 0 Å². The van der Waals surface area contributed by atoms with Crippen LogP contribution in [0, 0.1) is 5.82 Å². The Morgan fingerprint density at radius 1 is 1.31 bits per heavy atom. The van der Waals surface area contributed by atoms with E-state index in [1.807, 2.05) is 6.92 Å². The Balaban J connectivity index is 1.52. The third kappa shape index (κ3) is 4.57. The first-order valence-corrected chi connectivity index (χ1v) is 12.1. The summed E-state index contributed by atoms with van der Waals surface area (Å²) >= 11 is 5.79. The molecule has 1 saturated heterocycles. The molecule has 3 heterocycles. The van der Waals surface area contributed by atoms with Gasteiger partial charge in [0.05, 0.1) is 48.0 Å². The predicted octanol–water partition coefficient (Wildman–Crippen LogP) is 1.77. The second-order valence-corrected chi connectivity index (χ2v) is 10.2. The molecule has 172 valence electrons. The Labute approximate surface area is 189 Å². The highest BCUT2D eigenvalue weighted by Gasteiger charge is 2.37. The second-order valence-electron chi connectivity index (χ2n) is 7.99. The highest BCUT2D eigenvalue weighted by molar-refractivity contribution is 7.88. The number of amides is 3. The minimum Gasteiger partial charge on any atom is -0.314 e. The summed E-state index contributed by atoms with van der Waals surface area (Å²) < 4.78 is 40.6. The van der Waals surface area contributed by atoms with Gasteiger partial charge in [-0.25, -0.2) is 22.3 Å². The Bertz CT molecular complexity index is 1190. The fourth-order valence-electron chi connectivity index (χ4n) is 3.98. The van der Waals surface area contributed by atoms with Crippen molar-refractivity contribution in [3.8, 4) is 0 Å². The molecule has 2 N–H and O–H groups in total. The van der Waals surface area contributed by atoms with Gasteiger partial charge in [-0.3, -0.25) is 9.48 Å². The van der Waals surface area contributed by atoms with Gasteiger partial charge in [0.25, 0.3) is 0 Å². The van der Waals surface area contributed by atoms with Crippen LogP contribution in [0.3, 0.4) is 0 Å². The Morgan fingerprint density at radius 3 is 2.75 bits per heavy atom. The van der Waals surface area contributed by atoms with Crippen LogP contribution in [-0.4, -0.2) is 59.9 Å². The van der Waals surface area contributed by atoms with Gasteiger partial charge < -0.3 is 15.1 Å². The molecule has 2 unspecified atom stereocenters. The molecule has 4 rings (SSSR count). The number of halogens is 2. The van der Waals surface area contributed by atoms with E-state index in [1.54, 1.807) is 15.8 Å². The summed E-state index contributed by atoms with van der Waals surface area (Å²) in [5, 5.41) is 6.97. The molecule has 2 aliphatic rings. The molecule has 2 atom stereocenters. The van der Waals surface area contributed by atoms with Gasteiger partial charge in [0.2, 0.25) is 15.9 Å². The molecule has 0 bridgehead atoms.